The lowest BCUT2D eigenvalue weighted by Crippen LogP contribution is -2.52. The van der Waals surface area contributed by atoms with E-state index in [-0.39, 0.29) is 6.04 Å². The number of benzene rings is 1. The predicted octanol–water partition coefficient (Wildman–Crippen LogP) is 3.11. The van der Waals surface area contributed by atoms with E-state index in [0.29, 0.717) is 18.2 Å². The quantitative estimate of drug-likeness (QED) is 0.901. The second kappa shape index (κ2) is 5.87. The number of Topliss-reactive ketones (excluding diaryl/α,β-unsaturated/α-hetero) is 1. The van der Waals surface area contributed by atoms with E-state index in [1.165, 1.54) is 32.1 Å². The van der Waals surface area contributed by atoms with Crippen molar-refractivity contribution < 1.29 is 4.79 Å². The van der Waals surface area contributed by atoms with E-state index < -0.39 is 0 Å². The smallest absolute Gasteiger partial charge is 0.154 e. The number of carbonyl (C=O) groups excluding carboxylic acids is 1. The van der Waals surface area contributed by atoms with Crippen molar-refractivity contribution in [1.29, 1.82) is 0 Å². The average Bonchev–Trinajstić information content (AvgIpc) is 2.48. The fraction of sp³-hybridized carbons (Fsp3) is 0.588. The molecule has 1 saturated carbocycles. The summed E-state index contributed by atoms with van der Waals surface area (Å²) in [6.45, 7) is 0. The number of rotatable bonds is 3. The SMILES string of the molecule is O=C(Cc1ccccc1)C1CCC2CCCCC2N1. The number of ketones is 1. The van der Waals surface area contributed by atoms with E-state index in [1.54, 1.807) is 0 Å². The van der Waals surface area contributed by atoms with Gasteiger partial charge in [0, 0.05) is 12.5 Å². The third-order valence-corrected chi connectivity index (χ3v) is 4.76. The molecule has 1 saturated heterocycles. The van der Waals surface area contributed by atoms with Crippen molar-refractivity contribution in [2.75, 3.05) is 0 Å². The highest BCUT2D eigenvalue weighted by atomic mass is 16.1. The molecule has 2 heteroatoms. The summed E-state index contributed by atoms with van der Waals surface area (Å²) in [5, 5.41) is 3.63. The van der Waals surface area contributed by atoms with Gasteiger partial charge in [0.15, 0.2) is 5.78 Å². The van der Waals surface area contributed by atoms with Crippen LogP contribution in [-0.4, -0.2) is 17.9 Å². The summed E-state index contributed by atoms with van der Waals surface area (Å²) < 4.78 is 0. The molecular weight excluding hydrogens is 234 g/mol. The van der Waals surface area contributed by atoms with Gasteiger partial charge in [0.2, 0.25) is 0 Å². The fourth-order valence-corrected chi connectivity index (χ4v) is 3.67. The molecule has 1 aliphatic heterocycles. The Balaban J connectivity index is 1.59. The maximum absolute atomic E-state index is 12.4. The minimum absolute atomic E-state index is 0.0968. The minimum Gasteiger partial charge on any atom is -0.304 e. The molecule has 3 rings (SSSR count). The van der Waals surface area contributed by atoms with Crippen LogP contribution in [0.5, 0.6) is 0 Å². The third kappa shape index (κ3) is 3.06. The Kier molecular flexibility index (Phi) is 3.97. The van der Waals surface area contributed by atoms with Crippen molar-refractivity contribution in [2.24, 2.45) is 5.92 Å². The van der Waals surface area contributed by atoms with Crippen LogP contribution in [0.2, 0.25) is 0 Å². The Hall–Kier alpha value is -1.15. The average molecular weight is 257 g/mol. The van der Waals surface area contributed by atoms with Gasteiger partial charge in [-0.3, -0.25) is 4.79 Å². The monoisotopic (exact) mass is 257 g/mol. The van der Waals surface area contributed by atoms with Crippen molar-refractivity contribution in [3.05, 3.63) is 35.9 Å². The highest BCUT2D eigenvalue weighted by Gasteiger charge is 2.34. The Morgan fingerprint density at radius 1 is 1.05 bits per heavy atom. The Morgan fingerprint density at radius 3 is 2.68 bits per heavy atom. The van der Waals surface area contributed by atoms with E-state index in [9.17, 15) is 4.79 Å². The van der Waals surface area contributed by atoms with E-state index in [4.69, 9.17) is 0 Å². The molecule has 0 bridgehead atoms. The van der Waals surface area contributed by atoms with Crippen molar-refractivity contribution in [1.82, 2.24) is 5.32 Å². The zero-order valence-electron chi connectivity index (χ0n) is 11.5. The normalized spacial score (nSPS) is 30.6. The molecule has 19 heavy (non-hydrogen) atoms. The molecule has 1 aromatic carbocycles. The number of hydrogen-bond donors (Lipinski definition) is 1. The number of nitrogens with one attached hydrogen (secondary N) is 1. The van der Waals surface area contributed by atoms with Crippen LogP contribution in [0.25, 0.3) is 0 Å². The molecule has 0 spiro atoms. The number of hydrogen-bond acceptors (Lipinski definition) is 2. The lowest BCUT2D eigenvalue weighted by Gasteiger charge is -2.40. The second-order valence-electron chi connectivity index (χ2n) is 6.08. The van der Waals surface area contributed by atoms with Crippen molar-refractivity contribution in [3.8, 4) is 0 Å². The van der Waals surface area contributed by atoms with Gasteiger partial charge >= 0.3 is 0 Å². The van der Waals surface area contributed by atoms with E-state index in [2.05, 4.69) is 5.32 Å². The number of carbonyl (C=O) groups is 1. The Labute approximate surface area is 115 Å². The van der Waals surface area contributed by atoms with Crippen molar-refractivity contribution >= 4 is 5.78 Å². The van der Waals surface area contributed by atoms with E-state index in [1.807, 2.05) is 30.3 Å². The topological polar surface area (TPSA) is 29.1 Å². The van der Waals surface area contributed by atoms with E-state index in [0.717, 1.165) is 17.9 Å². The van der Waals surface area contributed by atoms with Crippen LogP contribution in [0.15, 0.2) is 30.3 Å². The standard InChI is InChI=1S/C17H23NO/c19-17(12-13-6-2-1-3-7-13)16-11-10-14-8-4-5-9-15(14)18-16/h1-3,6-7,14-16,18H,4-5,8-12H2. The molecule has 1 N–H and O–H groups in total. The molecule has 2 nitrogen and oxygen atoms in total. The van der Waals surface area contributed by atoms with Gasteiger partial charge in [-0.05, 0) is 37.2 Å². The van der Waals surface area contributed by atoms with Crippen LogP contribution >= 0.6 is 0 Å². The molecule has 0 radical (unpaired) electrons. The Morgan fingerprint density at radius 2 is 1.84 bits per heavy atom. The van der Waals surface area contributed by atoms with Gasteiger partial charge in [0.1, 0.15) is 0 Å². The zero-order valence-corrected chi connectivity index (χ0v) is 11.5. The number of fused-ring (bicyclic) bond motifs is 1. The molecule has 2 aliphatic rings. The van der Waals surface area contributed by atoms with E-state index >= 15 is 0 Å². The molecule has 0 aromatic heterocycles. The summed E-state index contributed by atoms with van der Waals surface area (Å²) in [5.41, 5.74) is 1.14. The summed E-state index contributed by atoms with van der Waals surface area (Å²) in [5.74, 6) is 1.20. The summed E-state index contributed by atoms with van der Waals surface area (Å²) >= 11 is 0. The molecule has 102 valence electrons. The van der Waals surface area contributed by atoms with Crippen LogP contribution in [0, 0.1) is 5.92 Å². The lowest BCUT2D eigenvalue weighted by atomic mass is 9.77. The van der Waals surface area contributed by atoms with Crippen LogP contribution in [0.3, 0.4) is 0 Å². The van der Waals surface area contributed by atoms with Crippen LogP contribution in [-0.2, 0) is 11.2 Å². The summed E-state index contributed by atoms with van der Waals surface area (Å²) in [6.07, 6.45) is 8.18. The Bertz CT molecular complexity index is 428. The molecule has 1 aromatic rings. The first kappa shape index (κ1) is 12.9. The highest BCUT2D eigenvalue weighted by molar-refractivity contribution is 5.86. The van der Waals surface area contributed by atoms with Crippen molar-refractivity contribution in [2.45, 2.75) is 57.0 Å². The second-order valence-corrected chi connectivity index (χ2v) is 6.08. The fourth-order valence-electron chi connectivity index (χ4n) is 3.67. The van der Waals surface area contributed by atoms with Gasteiger partial charge in [-0.15, -0.1) is 0 Å². The molecule has 0 amide bonds. The molecule has 2 fully saturated rings. The van der Waals surface area contributed by atoms with Gasteiger partial charge in [0.25, 0.3) is 0 Å². The highest BCUT2D eigenvalue weighted by Crippen LogP contribution is 2.32. The third-order valence-electron chi connectivity index (χ3n) is 4.76. The van der Waals surface area contributed by atoms with Crippen LogP contribution < -0.4 is 5.32 Å². The number of piperidine rings is 1. The predicted molar refractivity (Wildman–Crippen MR) is 77.1 cm³/mol. The van der Waals surface area contributed by atoms with Gasteiger partial charge in [0.05, 0.1) is 6.04 Å². The summed E-state index contributed by atoms with van der Waals surface area (Å²) in [4.78, 5) is 12.4. The first-order chi connectivity index (χ1) is 9.33. The molecular formula is C17H23NO. The van der Waals surface area contributed by atoms with Gasteiger partial charge in [-0.1, -0.05) is 43.2 Å². The first-order valence-corrected chi connectivity index (χ1v) is 7.65. The summed E-state index contributed by atoms with van der Waals surface area (Å²) in [6, 6.07) is 10.8. The summed E-state index contributed by atoms with van der Waals surface area (Å²) in [7, 11) is 0. The first-order valence-electron chi connectivity index (χ1n) is 7.65. The molecule has 3 atom stereocenters. The largest absolute Gasteiger partial charge is 0.304 e. The molecule has 3 unspecified atom stereocenters. The maximum atomic E-state index is 12.4. The zero-order chi connectivity index (χ0) is 13.1. The lowest BCUT2D eigenvalue weighted by molar-refractivity contribution is -0.121. The van der Waals surface area contributed by atoms with Gasteiger partial charge in [-0.25, -0.2) is 0 Å². The molecule has 1 heterocycles. The van der Waals surface area contributed by atoms with Crippen LogP contribution in [0.4, 0.5) is 0 Å². The maximum Gasteiger partial charge on any atom is 0.154 e. The molecule has 1 aliphatic carbocycles. The van der Waals surface area contributed by atoms with Crippen LogP contribution in [0.1, 0.15) is 44.1 Å². The van der Waals surface area contributed by atoms with Gasteiger partial charge < -0.3 is 5.32 Å². The minimum atomic E-state index is 0.0968. The van der Waals surface area contributed by atoms with Crippen molar-refractivity contribution in [3.63, 3.8) is 0 Å². The van der Waals surface area contributed by atoms with Gasteiger partial charge in [-0.2, -0.15) is 0 Å².